The molecule has 0 aliphatic heterocycles. The molecular weight excluding hydrogens is 246 g/mol. The molecule has 0 amide bonds. The second kappa shape index (κ2) is 4.20. The number of fused-ring (bicyclic) bond motifs is 1. The predicted molar refractivity (Wildman–Crippen MR) is 66.8 cm³/mol. The third-order valence-electron chi connectivity index (χ3n) is 2.83. The Morgan fingerprint density at radius 1 is 1.47 bits per heavy atom. The van der Waals surface area contributed by atoms with Gasteiger partial charge in [0.25, 0.3) is 0 Å². The van der Waals surface area contributed by atoms with E-state index in [4.69, 9.17) is 5.11 Å². The molecule has 7 nitrogen and oxygen atoms in total. The average molecular weight is 257 g/mol. The minimum Gasteiger partial charge on any atom is -0.476 e. The Morgan fingerprint density at radius 2 is 2.32 bits per heavy atom. The molecule has 96 valence electrons. The van der Waals surface area contributed by atoms with Crippen molar-refractivity contribution in [1.29, 1.82) is 0 Å². The van der Waals surface area contributed by atoms with Crippen LogP contribution in [-0.4, -0.2) is 35.5 Å². The molecule has 3 heterocycles. The lowest BCUT2D eigenvalue weighted by molar-refractivity contribution is 0.0690. The van der Waals surface area contributed by atoms with Gasteiger partial charge in [0, 0.05) is 30.6 Å². The Kier molecular flexibility index (Phi) is 2.52. The molecule has 0 aromatic carbocycles. The Morgan fingerprint density at radius 3 is 3.00 bits per heavy atom. The highest BCUT2D eigenvalue weighted by atomic mass is 16.4. The SMILES string of the molecule is CCn1cc(-c2ccnc3cc(C(=O)O)nn23)cn1. The van der Waals surface area contributed by atoms with Gasteiger partial charge in [-0.05, 0) is 13.0 Å². The van der Waals surface area contributed by atoms with E-state index in [0.717, 1.165) is 17.8 Å². The third kappa shape index (κ3) is 1.85. The lowest BCUT2D eigenvalue weighted by atomic mass is 10.2. The van der Waals surface area contributed by atoms with Gasteiger partial charge in [-0.15, -0.1) is 0 Å². The highest BCUT2D eigenvalue weighted by molar-refractivity contribution is 5.86. The van der Waals surface area contributed by atoms with Crippen LogP contribution in [0.3, 0.4) is 0 Å². The van der Waals surface area contributed by atoms with Crippen LogP contribution in [0.15, 0.2) is 30.7 Å². The Bertz CT molecular complexity index is 758. The van der Waals surface area contributed by atoms with Crippen LogP contribution in [0.1, 0.15) is 17.4 Å². The van der Waals surface area contributed by atoms with Gasteiger partial charge in [-0.2, -0.15) is 10.2 Å². The molecule has 3 aromatic heterocycles. The van der Waals surface area contributed by atoms with Gasteiger partial charge in [0.15, 0.2) is 11.3 Å². The van der Waals surface area contributed by atoms with Gasteiger partial charge >= 0.3 is 5.97 Å². The predicted octanol–water partition coefficient (Wildman–Crippen LogP) is 1.31. The number of aromatic carboxylic acids is 1. The molecule has 1 N–H and O–H groups in total. The molecule has 3 rings (SSSR count). The number of rotatable bonds is 3. The van der Waals surface area contributed by atoms with Crippen LogP contribution in [0.5, 0.6) is 0 Å². The first-order valence-corrected chi connectivity index (χ1v) is 5.80. The molecule has 0 saturated heterocycles. The number of aromatic nitrogens is 5. The van der Waals surface area contributed by atoms with Crippen LogP contribution in [0.2, 0.25) is 0 Å². The molecule has 0 aliphatic rings. The van der Waals surface area contributed by atoms with E-state index in [9.17, 15) is 4.79 Å². The molecule has 0 fully saturated rings. The molecule has 0 unspecified atom stereocenters. The fraction of sp³-hybridized carbons (Fsp3) is 0.167. The van der Waals surface area contributed by atoms with Gasteiger partial charge in [-0.1, -0.05) is 0 Å². The van der Waals surface area contributed by atoms with Crippen LogP contribution < -0.4 is 0 Å². The molecule has 0 atom stereocenters. The summed E-state index contributed by atoms with van der Waals surface area (Å²) >= 11 is 0. The highest BCUT2D eigenvalue weighted by Gasteiger charge is 2.13. The van der Waals surface area contributed by atoms with Crippen molar-refractivity contribution < 1.29 is 9.90 Å². The summed E-state index contributed by atoms with van der Waals surface area (Å²) in [5.74, 6) is -1.07. The zero-order valence-electron chi connectivity index (χ0n) is 10.2. The first-order chi connectivity index (χ1) is 9.19. The zero-order chi connectivity index (χ0) is 13.4. The summed E-state index contributed by atoms with van der Waals surface area (Å²) in [6, 6.07) is 3.22. The van der Waals surface area contributed by atoms with Gasteiger partial charge in [0.05, 0.1) is 11.9 Å². The van der Waals surface area contributed by atoms with Crippen LogP contribution in [0, 0.1) is 0 Å². The number of carboxylic acid groups (broad SMARTS) is 1. The minimum absolute atomic E-state index is 0.0252. The molecule has 0 saturated carbocycles. The van der Waals surface area contributed by atoms with Crippen LogP contribution in [0.4, 0.5) is 0 Å². The van der Waals surface area contributed by atoms with E-state index >= 15 is 0 Å². The van der Waals surface area contributed by atoms with Crippen LogP contribution >= 0.6 is 0 Å². The van der Waals surface area contributed by atoms with Crippen LogP contribution in [0.25, 0.3) is 16.9 Å². The molecule has 3 aromatic rings. The van der Waals surface area contributed by atoms with Gasteiger partial charge in [0.1, 0.15) is 0 Å². The number of carboxylic acids is 1. The molecule has 0 bridgehead atoms. The van der Waals surface area contributed by atoms with Gasteiger partial charge in [0.2, 0.25) is 0 Å². The number of aryl methyl sites for hydroxylation is 1. The Balaban J connectivity index is 2.20. The quantitative estimate of drug-likeness (QED) is 0.764. The standard InChI is InChI=1S/C12H11N5O2/c1-2-16-7-8(6-14-16)10-3-4-13-11-5-9(12(18)19)15-17(10)11/h3-7H,2H2,1H3,(H,18,19). The van der Waals surface area contributed by atoms with Gasteiger partial charge in [-0.3, -0.25) is 4.68 Å². The average Bonchev–Trinajstić information content (AvgIpc) is 3.04. The van der Waals surface area contributed by atoms with Crippen molar-refractivity contribution in [1.82, 2.24) is 24.4 Å². The summed E-state index contributed by atoms with van der Waals surface area (Å²) in [5, 5.41) is 17.2. The first kappa shape index (κ1) is 11.4. The van der Waals surface area contributed by atoms with Crippen molar-refractivity contribution in [3.8, 4) is 11.3 Å². The van der Waals surface area contributed by atoms with Crippen molar-refractivity contribution in [2.75, 3.05) is 0 Å². The number of carbonyl (C=O) groups is 1. The van der Waals surface area contributed by atoms with E-state index in [0.29, 0.717) is 5.65 Å². The smallest absolute Gasteiger partial charge is 0.356 e. The number of hydrogen-bond acceptors (Lipinski definition) is 4. The summed E-state index contributed by atoms with van der Waals surface area (Å²) in [5.41, 5.74) is 2.11. The lowest BCUT2D eigenvalue weighted by Gasteiger charge is -2.00. The minimum atomic E-state index is -1.07. The summed E-state index contributed by atoms with van der Waals surface area (Å²) in [6.45, 7) is 2.77. The highest BCUT2D eigenvalue weighted by Crippen LogP contribution is 2.19. The maximum Gasteiger partial charge on any atom is 0.356 e. The first-order valence-electron chi connectivity index (χ1n) is 5.80. The van der Waals surface area contributed by atoms with E-state index in [-0.39, 0.29) is 5.69 Å². The maximum atomic E-state index is 10.9. The topological polar surface area (TPSA) is 85.3 Å². The second-order valence-electron chi connectivity index (χ2n) is 4.02. The lowest BCUT2D eigenvalue weighted by Crippen LogP contribution is -1.99. The van der Waals surface area contributed by atoms with E-state index in [1.54, 1.807) is 23.1 Å². The summed E-state index contributed by atoms with van der Waals surface area (Å²) in [7, 11) is 0. The molecule has 0 spiro atoms. The number of nitrogens with zero attached hydrogens (tertiary/aromatic N) is 5. The van der Waals surface area contributed by atoms with Crippen molar-refractivity contribution in [3.63, 3.8) is 0 Å². The fourth-order valence-electron chi connectivity index (χ4n) is 1.89. The fourth-order valence-corrected chi connectivity index (χ4v) is 1.89. The van der Waals surface area contributed by atoms with Crippen molar-refractivity contribution in [3.05, 3.63) is 36.4 Å². The van der Waals surface area contributed by atoms with Gasteiger partial charge in [-0.25, -0.2) is 14.3 Å². The molecule has 19 heavy (non-hydrogen) atoms. The van der Waals surface area contributed by atoms with E-state index < -0.39 is 5.97 Å². The van der Waals surface area contributed by atoms with Crippen molar-refractivity contribution >= 4 is 11.6 Å². The van der Waals surface area contributed by atoms with E-state index in [1.165, 1.54) is 10.6 Å². The Labute approximate surface area is 108 Å². The second-order valence-corrected chi connectivity index (χ2v) is 4.02. The maximum absolute atomic E-state index is 10.9. The largest absolute Gasteiger partial charge is 0.476 e. The monoisotopic (exact) mass is 257 g/mol. The molecule has 0 radical (unpaired) electrons. The van der Waals surface area contributed by atoms with E-state index in [1.807, 2.05) is 13.1 Å². The van der Waals surface area contributed by atoms with Crippen molar-refractivity contribution in [2.24, 2.45) is 0 Å². The summed E-state index contributed by atoms with van der Waals surface area (Å²) in [4.78, 5) is 15.1. The van der Waals surface area contributed by atoms with Crippen molar-refractivity contribution in [2.45, 2.75) is 13.5 Å². The molecule has 0 aliphatic carbocycles. The summed E-state index contributed by atoms with van der Waals surface area (Å²) in [6.07, 6.45) is 5.23. The normalized spacial score (nSPS) is 11.0. The summed E-state index contributed by atoms with van der Waals surface area (Å²) < 4.78 is 3.31. The van der Waals surface area contributed by atoms with Gasteiger partial charge < -0.3 is 5.11 Å². The molecular formula is C12H11N5O2. The zero-order valence-corrected chi connectivity index (χ0v) is 10.2. The van der Waals surface area contributed by atoms with E-state index in [2.05, 4.69) is 15.2 Å². The molecule has 7 heteroatoms. The number of hydrogen-bond donors (Lipinski definition) is 1. The third-order valence-corrected chi connectivity index (χ3v) is 2.83. The van der Waals surface area contributed by atoms with Crippen LogP contribution in [-0.2, 0) is 6.54 Å². The Hall–Kier alpha value is -2.70.